The number of hydrogen-bond donors (Lipinski definition) is 1. The van der Waals surface area contributed by atoms with E-state index in [0.29, 0.717) is 11.8 Å². The number of hydrogen-bond acceptors (Lipinski definition) is 2. The number of carbonyl (C=O) groups excluding carboxylic acids is 1. The molecule has 1 N–H and O–H groups in total. The molecule has 3 nitrogen and oxygen atoms in total. The molecule has 1 heterocycles. The van der Waals surface area contributed by atoms with Crippen molar-refractivity contribution in [1.29, 1.82) is 0 Å². The first kappa shape index (κ1) is 14.8. The minimum Gasteiger partial charge on any atom is -0.393 e. The number of carbonyl (C=O) groups is 1. The van der Waals surface area contributed by atoms with Gasteiger partial charge in [0, 0.05) is 24.4 Å². The number of aliphatic hydroxyl groups is 1. The second kappa shape index (κ2) is 5.82. The Morgan fingerprint density at radius 1 is 1.32 bits per heavy atom. The molecule has 2 aliphatic rings. The molecule has 0 aromatic rings. The highest BCUT2D eigenvalue weighted by molar-refractivity contribution is 5.83. The van der Waals surface area contributed by atoms with Crippen LogP contribution in [0.4, 0.5) is 0 Å². The normalized spacial score (nSPS) is 28.1. The monoisotopic (exact) mass is 267 g/mol. The van der Waals surface area contributed by atoms with E-state index in [2.05, 4.69) is 13.8 Å². The maximum absolute atomic E-state index is 12.9. The van der Waals surface area contributed by atoms with Crippen LogP contribution in [0.15, 0.2) is 0 Å². The highest BCUT2D eigenvalue weighted by atomic mass is 16.3. The summed E-state index contributed by atoms with van der Waals surface area (Å²) in [5, 5.41) is 9.69. The van der Waals surface area contributed by atoms with Gasteiger partial charge in [0.15, 0.2) is 0 Å². The molecule has 2 atom stereocenters. The zero-order valence-corrected chi connectivity index (χ0v) is 12.7. The van der Waals surface area contributed by atoms with Crippen LogP contribution in [0.2, 0.25) is 0 Å². The van der Waals surface area contributed by atoms with Crippen molar-refractivity contribution in [3.8, 4) is 0 Å². The van der Waals surface area contributed by atoms with Gasteiger partial charge in [-0.3, -0.25) is 4.79 Å². The predicted molar refractivity (Wildman–Crippen MR) is 76.7 cm³/mol. The highest BCUT2D eigenvalue weighted by Gasteiger charge is 2.45. The summed E-state index contributed by atoms with van der Waals surface area (Å²) in [7, 11) is 0. The van der Waals surface area contributed by atoms with E-state index in [1.165, 1.54) is 12.8 Å². The Kier molecular flexibility index (Phi) is 4.54. The van der Waals surface area contributed by atoms with Gasteiger partial charge in [0.1, 0.15) is 0 Å². The molecule has 110 valence electrons. The Morgan fingerprint density at radius 2 is 1.95 bits per heavy atom. The molecule has 0 aromatic carbocycles. The van der Waals surface area contributed by atoms with Crippen molar-refractivity contribution in [3.63, 3.8) is 0 Å². The number of likely N-dealkylation sites (tertiary alicyclic amines) is 1. The largest absolute Gasteiger partial charge is 0.393 e. The van der Waals surface area contributed by atoms with E-state index < -0.39 is 0 Å². The van der Waals surface area contributed by atoms with Gasteiger partial charge in [0.05, 0.1) is 6.10 Å². The molecule has 1 saturated heterocycles. The van der Waals surface area contributed by atoms with Crippen molar-refractivity contribution in [3.05, 3.63) is 0 Å². The molecule has 2 fully saturated rings. The van der Waals surface area contributed by atoms with Crippen molar-refractivity contribution in [2.75, 3.05) is 13.1 Å². The smallest absolute Gasteiger partial charge is 0.228 e. The predicted octanol–water partition coefficient (Wildman–Crippen LogP) is 2.82. The zero-order valence-electron chi connectivity index (χ0n) is 12.7. The third-order valence-corrected chi connectivity index (χ3v) is 5.01. The van der Waals surface area contributed by atoms with E-state index in [-0.39, 0.29) is 17.4 Å². The number of aliphatic hydroxyl groups excluding tert-OH is 1. The van der Waals surface area contributed by atoms with Crippen LogP contribution in [0.5, 0.6) is 0 Å². The first-order valence-electron chi connectivity index (χ1n) is 7.92. The van der Waals surface area contributed by atoms with Crippen LogP contribution in [0, 0.1) is 17.3 Å². The SMILES string of the molecule is CC(C)CC1(C(=O)N2CCC(C(C)O)C2)CCCC1. The molecular formula is C16H29NO2. The summed E-state index contributed by atoms with van der Waals surface area (Å²) in [5.74, 6) is 1.24. The average Bonchev–Trinajstić information content (AvgIpc) is 2.95. The maximum Gasteiger partial charge on any atom is 0.228 e. The van der Waals surface area contributed by atoms with Crippen LogP contribution >= 0.6 is 0 Å². The molecule has 2 unspecified atom stereocenters. The van der Waals surface area contributed by atoms with Gasteiger partial charge in [-0.1, -0.05) is 26.7 Å². The standard InChI is InChI=1S/C16H29NO2/c1-12(2)10-16(7-4-5-8-16)15(19)17-9-6-14(11-17)13(3)18/h12-14,18H,4-11H2,1-3H3. The van der Waals surface area contributed by atoms with E-state index in [9.17, 15) is 9.90 Å². The summed E-state index contributed by atoms with van der Waals surface area (Å²) < 4.78 is 0. The van der Waals surface area contributed by atoms with Crippen LogP contribution < -0.4 is 0 Å². The molecule has 0 radical (unpaired) electrons. The fraction of sp³-hybridized carbons (Fsp3) is 0.938. The summed E-state index contributed by atoms with van der Waals surface area (Å²) in [6.45, 7) is 7.88. The second-order valence-electron chi connectivity index (χ2n) is 7.13. The first-order chi connectivity index (χ1) is 8.94. The van der Waals surface area contributed by atoms with Gasteiger partial charge in [0.2, 0.25) is 5.91 Å². The van der Waals surface area contributed by atoms with Crippen LogP contribution in [0.25, 0.3) is 0 Å². The van der Waals surface area contributed by atoms with Crippen molar-refractivity contribution >= 4 is 5.91 Å². The second-order valence-corrected chi connectivity index (χ2v) is 7.13. The van der Waals surface area contributed by atoms with E-state index in [0.717, 1.165) is 38.8 Å². The molecule has 1 aliphatic carbocycles. The summed E-state index contributed by atoms with van der Waals surface area (Å²) in [5.41, 5.74) is -0.0816. The average molecular weight is 267 g/mol. The molecule has 0 spiro atoms. The molecule has 1 aliphatic heterocycles. The minimum atomic E-state index is -0.289. The fourth-order valence-electron chi connectivity index (χ4n) is 4.04. The van der Waals surface area contributed by atoms with E-state index in [4.69, 9.17) is 0 Å². The number of amides is 1. The van der Waals surface area contributed by atoms with Crippen molar-refractivity contribution in [2.24, 2.45) is 17.3 Å². The molecular weight excluding hydrogens is 238 g/mol. The van der Waals surface area contributed by atoms with Gasteiger partial charge >= 0.3 is 0 Å². The lowest BCUT2D eigenvalue weighted by molar-refractivity contribution is -0.142. The number of rotatable bonds is 4. The molecule has 0 aromatic heterocycles. The minimum absolute atomic E-state index is 0.0816. The van der Waals surface area contributed by atoms with Gasteiger partial charge in [-0.05, 0) is 38.5 Å². The van der Waals surface area contributed by atoms with Gasteiger partial charge in [-0.15, -0.1) is 0 Å². The Balaban J connectivity index is 2.04. The summed E-state index contributed by atoms with van der Waals surface area (Å²) >= 11 is 0. The van der Waals surface area contributed by atoms with E-state index in [1.807, 2.05) is 11.8 Å². The Morgan fingerprint density at radius 3 is 2.42 bits per heavy atom. The van der Waals surface area contributed by atoms with Crippen molar-refractivity contribution < 1.29 is 9.90 Å². The van der Waals surface area contributed by atoms with Gasteiger partial charge < -0.3 is 10.0 Å². The Labute approximate surface area is 117 Å². The van der Waals surface area contributed by atoms with E-state index in [1.54, 1.807) is 0 Å². The first-order valence-corrected chi connectivity index (χ1v) is 7.92. The van der Waals surface area contributed by atoms with Crippen LogP contribution in [-0.4, -0.2) is 35.1 Å². The summed E-state index contributed by atoms with van der Waals surface area (Å²) in [6.07, 6.45) is 6.24. The summed E-state index contributed by atoms with van der Waals surface area (Å²) in [4.78, 5) is 15.0. The lowest BCUT2D eigenvalue weighted by Crippen LogP contribution is -2.42. The fourth-order valence-corrected chi connectivity index (χ4v) is 4.04. The lowest BCUT2D eigenvalue weighted by Gasteiger charge is -2.34. The Bertz CT molecular complexity index is 319. The maximum atomic E-state index is 12.9. The molecule has 2 rings (SSSR count). The van der Waals surface area contributed by atoms with Crippen LogP contribution in [0.1, 0.15) is 59.3 Å². The third kappa shape index (κ3) is 3.13. The molecule has 1 amide bonds. The molecule has 0 bridgehead atoms. The van der Waals surface area contributed by atoms with Gasteiger partial charge in [0.25, 0.3) is 0 Å². The Hall–Kier alpha value is -0.570. The molecule has 1 saturated carbocycles. The van der Waals surface area contributed by atoms with Crippen molar-refractivity contribution in [2.45, 2.75) is 65.4 Å². The number of nitrogens with zero attached hydrogens (tertiary/aromatic N) is 1. The molecule has 3 heteroatoms. The quantitative estimate of drug-likeness (QED) is 0.851. The third-order valence-electron chi connectivity index (χ3n) is 5.01. The van der Waals surface area contributed by atoms with Gasteiger partial charge in [-0.25, -0.2) is 0 Å². The zero-order chi connectivity index (χ0) is 14.0. The van der Waals surface area contributed by atoms with Crippen molar-refractivity contribution in [1.82, 2.24) is 4.90 Å². The molecule has 19 heavy (non-hydrogen) atoms. The van der Waals surface area contributed by atoms with Crippen LogP contribution in [0.3, 0.4) is 0 Å². The van der Waals surface area contributed by atoms with E-state index >= 15 is 0 Å². The van der Waals surface area contributed by atoms with Gasteiger partial charge in [-0.2, -0.15) is 0 Å². The topological polar surface area (TPSA) is 40.5 Å². The summed E-state index contributed by atoms with van der Waals surface area (Å²) in [6, 6.07) is 0. The van der Waals surface area contributed by atoms with Crippen LogP contribution in [-0.2, 0) is 4.79 Å². The lowest BCUT2D eigenvalue weighted by atomic mass is 9.77. The highest BCUT2D eigenvalue weighted by Crippen LogP contribution is 2.45.